The van der Waals surface area contributed by atoms with Crippen LogP contribution in [0, 0.1) is 10.1 Å². The SMILES string of the molecule is CCN(CC)S(=O)(=O)c1ccc(OCC(=O)Nc2ccc(NC(C)=O)cc2)c([N+](=O)[O-])c1. The van der Waals surface area contributed by atoms with Gasteiger partial charge in [-0.25, -0.2) is 8.42 Å². The number of sulfonamides is 1. The molecule has 2 rings (SSSR count). The van der Waals surface area contributed by atoms with Gasteiger partial charge >= 0.3 is 5.69 Å². The molecule has 0 aliphatic rings. The maximum Gasteiger partial charge on any atom is 0.312 e. The van der Waals surface area contributed by atoms with E-state index in [1.54, 1.807) is 38.1 Å². The third kappa shape index (κ3) is 6.25. The zero-order chi connectivity index (χ0) is 23.9. The molecule has 0 aliphatic carbocycles. The lowest BCUT2D eigenvalue weighted by Gasteiger charge is -2.18. The third-order valence-electron chi connectivity index (χ3n) is 4.32. The maximum atomic E-state index is 12.6. The van der Waals surface area contributed by atoms with Gasteiger partial charge in [-0.1, -0.05) is 13.8 Å². The summed E-state index contributed by atoms with van der Waals surface area (Å²) in [6.07, 6.45) is 0. The average molecular weight is 465 g/mol. The molecule has 0 heterocycles. The van der Waals surface area contributed by atoms with Crippen molar-refractivity contribution in [1.82, 2.24) is 4.31 Å². The summed E-state index contributed by atoms with van der Waals surface area (Å²) in [5.41, 5.74) is 0.427. The van der Waals surface area contributed by atoms with Crippen molar-refractivity contribution in [2.75, 3.05) is 30.3 Å². The Hall–Kier alpha value is -3.51. The Labute approximate surface area is 185 Å². The summed E-state index contributed by atoms with van der Waals surface area (Å²) < 4.78 is 31.7. The zero-order valence-corrected chi connectivity index (χ0v) is 18.6. The maximum absolute atomic E-state index is 12.6. The molecule has 0 aromatic heterocycles. The summed E-state index contributed by atoms with van der Waals surface area (Å²) in [4.78, 5) is 33.6. The van der Waals surface area contributed by atoms with Crippen LogP contribution < -0.4 is 15.4 Å². The molecule has 0 fully saturated rings. The Balaban J connectivity index is 2.11. The second-order valence-corrected chi connectivity index (χ2v) is 8.51. The fourth-order valence-corrected chi connectivity index (χ4v) is 4.29. The number of amides is 2. The quantitative estimate of drug-likeness (QED) is 0.405. The average Bonchev–Trinajstić information content (AvgIpc) is 2.73. The number of hydrogen-bond donors (Lipinski definition) is 2. The Kier molecular flexibility index (Phi) is 8.27. The predicted octanol–water partition coefficient (Wildman–Crippen LogP) is 2.60. The molecule has 0 spiro atoms. The van der Waals surface area contributed by atoms with Crippen LogP contribution in [0.25, 0.3) is 0 Å². The molecule has 0 atom stereocenters. The van der Waals surface area contributed by atoms with Crippen molar-refractivity contribution >= 4 is 38.9 Å². The molecule has 12 heteroatoms. The van der Waals surface area contributed by atoms with Crippen LogP contribution in [-0.2, 0) is 19.6 Å². The monoisotopic (exact) mass is 464 g/mol. The normalized spacial score (nSPS) is 11.1. The summed E-state index contributed by atoms with van der Waals surface area (Å²) in [6, 6.07) is 9.60. The number of anilines is 2. The van der Waals surface area contributed by atoms with Gasteiger partial charge in [0, 0.05) is 37.5 Å². The highest BCUT2D eigenvalue weighted by atomic mass is 32.2. The topological polar surface area (TPSA) is 148 Å². The third-order valence-corrected chi connectivity index (χ3v) is 6.36. The van der Waals surface area contributed by atoms with E-state index in [1.165, 1.54) is 17.3 Å². The van der Waals surface area contributed by atoms with Crippen LogP contribution in [0.15, 0.2) is 47.4 Å². The molecule has 2 N–H and O–H groups in total. The number of nitrogens with zero attached hydrogens (tertiary/aromatic N) is 2. The number of carbonyl (C=O) groups excluding carboxylic acids is 2. The highest BCUT2D eigenvalue weighted by Gasteiger charge is 2.26. The lowest BCUT2D eigenvalue weighted by Crippen LogP contribution is -2.30. The first kappa shape index (κ1) is 24.8. The van der Waals surface area contributed by atoms with Crippen LogP contribution in [0.4, 0.5) is 17.1 Å². The highest BCUT2D eigenvalue weighted by molar-refractivity contribution is 7.89. The fraction of sp³-hybridized carbons (Fsp3) is 0.300. The van der Waals surface area contributed by atoms with E-state index < -0.39 is 33.1 Å². The Morgan fingerprint density at radius 2 is 1.59 bits per heavy atom. The molecule has 0 radical (unpaired) electrons. The summed E-state index contributed by atoms with van der Waals surface area (Å²) in [7, 11) is -3.89. The van der Waals surface area contributed by atoms with Gasteiger partial charge in [0.25, 0.3) is 5.91 Å². The molecule has 0 aliphatic heterocycles. The van der Waals surface area contributed by atoms with Crippen LogP contribution in [-0.4, -0.2) is 49.2 Å². The number of nitro benzene ring substituents is 1. The minimum atomic E-state index is -3.89. The molecule has 2 amide bonds. The van der Waals surface area contributed by atoms with E-state index in [2.05, 4.69) is 10.6 Å². The molecule has 0 saturated carbocycles. The second-order valence-electron chi connectivity index (χ2n) is 6.57. The van der Waals surface area contributed by atoms with Crippen molar-refractivity contribution < 1.29 is 27.7 Å². The fourth-order valence-electron chi connectivity index (χ4n) is 2.82. The van der Waals surface area contributed by atoms with Gasteiger partial charge in [-0.3, -0.25) is 19.7 Å². The van der Waals surface area contributed by atoms with Gasteiger partial charge in [0.15, 0.2) is 12.4 Å². The van der Waals surface area contributed by atoms with Crippen molar-refractivity contribution in [2.45, 2.75) is 25.7 Å². The molecule has 11 nitrogen and oxygen atoms in total. The van der Waals surface area contributed by atoms with Gasteiger partial charge in [-0.2, -0.15) is 4.31 Å². The van der Waals surface area contributed by atoms with Gasteiger partial charge in [0.05, 0.1) is 9.82 Å². The van der Waals surface area contributed by atoms with Crippen LogP contribution in [0.3, 0.4) is 0 Å². The lowest BCUT2D eigenvalue weighted by molar-refractivity contribution is -0.386. The minimum Gasteiger partial charge on any atom is -0.477 e. The van der Waals surface area contributed by atoms with E-state index in [-0.39, 0.29) is 29.6 Å². The van der Waals surface area contributed by atoms with Gasteiger partial charge in [-0.05, 0) is 36.4 Å². The summed E-state index contributed by atoms with van der Waals surface area (Å²) in [5.74, 6) is -1.04. The van der Waals surface area contributed by atoms with Gasteiger partial charge in [-0.15, -0.1) is 0 Å². The Morgan fingerprint density at radius 1 is 1.03 bits per heavy atom. The summed E-state index contributed by atoms with van der Waals surface area (Å²) in [6.45, 7) is 4.61. The number of nitrogens with one attached hydrogen (secondary N) is 2. The van der Waals surface area contributed by atoms with Crippen molar-refractivity contribution in [1.29, 1.82) is 0 Å². The number of ether oxygens (including phenoxy) is 1. The van der Waals surface area contributed by atoms with Crippen molar-refractivity contribution in [3.63, 3.8) is 0 Å². The van der Waals surface area contributed by atoms with E-state index >= 15 is 0 Å². The smallest absolute Gasteiger partial charge is 0.312 e. The van der Waals surface area contributed by atoms with E-state index in [1.807, 2.05) is 0 Å². The second kappa shape index (κ2) is 10.7. The molecule has 32 heavy (non-hydrogen) atoms. The molecule has 0 saturated heterocycles. The first-order chi connectivity index (χ1) is 15.1. The van der Waals surface area contributed by atoms with Crippen LogP contribution in [0.2, 0.25) is 0 Å². The summed E-state index contributed by atoms with van der Waals surface area (Å²) in [5, 5.41) is 16.6. The van der Waals surface area contributed by atoms with Crippen molar-refractivity contribution in [2.24, 2.45) is 0 Å². The predicted molar refractivity (Wildman–Crippen MR) is 118 cm³/mol. The van der Waals surface area contributed by atoms with Crippen LogP contribution >= 0.6 is 0 Å². The molecule has 0 bridgehead atoms. The lowest BCUT2D eigenvalue weighted by atomic mass is 10.2. The first-order valence-corrected chi connectivity index (χ1v) is 11.1. The van der Waals surface area contributed by atoms with Crippen LogP contribution in [0.1, 0.15) is 20.8 Å². The van der Waals surface area contributed by atoms with Gasteiger partial charge < -0.3 is 15.4 Å². The van der Waals surface area contributed by atoms with E-state index in [0.29, 0.717) is 11.4 Å². The Morgan fingerprint density at radius 3 is 2.09 bits per heavy atom. The molecule has 2 aromatic rings. The van der Waals surface area contributed by atoms with E-state index in [0.717, 1.165) is 12.1 Å². The largest absolute Gasteiger partial charge is 0.477 e. The van der Waals surface area contributed by atoms with Crippen LogP contribution in [0.5, 0.6) is 5.75 Å². The minimum absolute atomic E-state index is 0.219. The molecule has 2 aromatic carbocycles. The number of nitro groups is 1. The van der Waals surface area contributed by atoms with Crippen molar-refractivity contribution in [3.8, 4) is 5.75 Å². The number of carbonyl (C=O) groups is 2. The van der Waals surface area contributed by atoms with E-state index in [4.69, 9.17) is 4.74 Å². The summed E-state index contributed by atoms with van der Waals surface area (Å²) >= 11 is 0. The number of benzene rings is 2. The highest BCUT2D eigenvalue weighted by Crippen LogP contribution is 2.31. The van der Waals surface area contributed by atoms with E-state index in [9.17, 15) is 28.1 Å². The number of rotatable bonds is 10. The molecular weight excluding hydrogens is 440 g/mol. The standard InChI is InChI=1S/C20H24N4O7S/c1-4-23(5-2)32(29,30)17-10-11-19(18(12-17)24(27)28)31-13-20(26)22-16-8-6-15(7-9-16)21-14(3)25/h6-12H,4-5,13H2,1-3H3,(H,21,25)(H,22,26). The first-order valence-electron chi connectivity index (χ1n) is 9.67. The molecule has 172 valence electrons. The molecular formula is C20H24N4O7S. The zero-order valence-electron chi connectivity index (χ0n) is 17.8. The Bertz CT molecular complexity index is 1100. The van der Waals surface area contributed by atoms with Gasteiger partial charge in [0.1, 0.15) is 0 Å². The molecule has 0 unspecified atom stereocenters. The van der Waals surface area contributed by atoms with Gasteiger partial charge in [0.2, 0.25) is 15.9 Å². The van der Waals surface area contributed by atoms with Crippen molar-refractivity contribution in [3.05, 3.63) is 52.6 Å². The number of hydrogen-bond acceptors (Lipinski definition) is 7.